The molecule has 1 atom stereocenters. The SMILES string of the molecule is COCC(O)CCNC1C2CC3CC(C2)CC1C3. The van der Waals surface area contributed by atoms with Crippen LogP contribution < -0.4 is 5.32 Å². The molecule has 18 heavy (non-hydrogen) atoms. The molecule has 3 nitrogen and oxygen atoms in total. The van der Waals surface area contributed by atoms with Gasteiger partial charge in [-0.25, -0.2) is 0 Å². The van der Waals surface area contributed by atoms with Crippen molar-refractivity contribution in [3.63, 3.8) is 0 Å². The Bertz CT molecular complexity index is 254. The monoisotopic (exact) mass is 253 g/mol. The van der Waals surface area contributed by atoms with E-state index >= 15 is 0 Å². The molecule has 0 heterocycles. The van der Waals surface area contributed by atoms with Crippen LogP contribution in [0.1, 0.15) is 38.5 Å². The molecule has 0 spiro atoms. The number of hydrogen-bond donors (Lipinski definition) is 2. The molecule has 104 valence electrons. The van der Waals surface area contributed by atoms with Crippen LogP contribution in [0.15, 0.2) is 0 Å². The maximum absolute atomic E-state index is 9.67. The zero-order valence-electron chi connectivity index (χ0n) is 11.5. The fourth-order valence-electron chi connectivity index (χ4n) is 4.95. The molecule has 4 aliphatic rings. The Morgan fingerprint density at radius 1 is 1.11 bits per heavy atom. The maximum Gasteiger partial charge on any atom is 0.0785 e. The van der Waals surface area contributed by atoms with E-state index in [0.29, 0.717) is 6.61 Å². The molecule has 1 unspecified atom stereocenters. The summed E-state index contributed by atoms with van der Waals surface area (Å²) in [6.45, 7) is 1.40. The molecule has 0 aromatic heterocycles. The van der Waals surface area contributed by atoms with Crippen molar-refractivity contribution in [2.45, 2.75) is 50.7 Å². The van der Waals surface area contributed by atoms with Crippen LogP contribution in [-0.2, 0) is 4.74 Å². The third-order valence-electron chi connectivity index (χ3n) is 5.44. The van der Waals surface area contributed by atoms with Crippen molar-refractivity contribution in [3.05, 3.63) is 0 Å². The molecular formula is C15H27NO2. The number of rotatable bonds is 6. The summed E-state index contributed by atoms with van der Waals surface area (Å²) in [5.41, 5.74) is 0. The van der Waals surface area contributed by atoms with E-state index in [0.717, 1.165) is 42.7 Å². The van der Waals surface area contributed by atoms with E-state index in [4.69, 9.17) is 4.74 Å². The van der Waals surface area contributed by atoms with Crippen LogP contribution in [0, 0.1) is 23.7 Å². The highest BCUT2D eigenvalue weighted by molar-refractivity contribution is 5.01. The van der Waals surface area contributed by atoms with Crippen molar-refractivity contribution in [1.82, 2.24) is 5.32 Å². The first kappa shape index (κ1) is 12.9. The minimum atomic E-state index is -0.306. The lowest BCUT2D eigenvalue weighted by Gasteiger charge is -2.54. The zero-order chi connectivity index (χ0) is 12.5. The average molecular weight is 253 g/mol. The van der Waals surface area contributed by atoms with Crippen molar-refractivity contribution in [2.24, 2.45) is 23.7 Å². The largest absolute Gasteiger partial charge is 0.391 e. The Morgan fingerprint density at radius 2 is 1.72 bits per heavy atom. The third-order valence-corrected chi connectivity index (χ3v) is 5.44. The van der Waals surface area contributed by atoms with Gasteiger partial charge < -0.3 is 15.2 Å². The van der Waals surface area contributed by atoms with Gasteiger partial charge in [-0.15, -0.1) is 0 Å². The van der Waals surface area contributed by atoms with Gasteiger partial charge in [0.25, 0.3) is 0 Å². The fourth-order valence-corrected chi connectivity index (χ4v) is 4.95. The number of nitrogens with one attached hydrogen (secondary N) is 1. The summed E-state index contributed by atoms with van der Waals surface area (Å²) >= 11 is 0. The Balaban J connectivity index is 1.46. The summed E-state index contributed by atoms with van der Waals surface area (Å²) in [7, 11) is 1.65. The average Bonchev–Trinajstić information content (AvgIpc) is 2.32. The Labute approximate surface area is 110 Å². The van der Waals surface area contributed by atoms with Crippen LogP contribution >= 0.6 is 0 Å². The predicted octanol–water partition coefficient (Wildman–Crippen LogP) is 1.80. The van der Waals surface area contributed by atoms with E-state index in [1.165, 1.54) is 32.1 Å². The number of aliphatic hydroxyl groups excluding tert-OH is 1. The van der Waals surface area contributed by atoms with Gasteiger partial charge in [0.2, 0.25) is 0 Å². The summed E-state index contributed by atoms with van der Waals surface area (Å²) in [6.07, 6.45) is 7.88. The smallest absolute Gasteiger partial charge is 0.0785 e. The van der Waals surface area contributed by atoms with Crippen molar-refractivity contribution >= 4 is 0 Å². The molecule has 0 aromatic rings. The second-order valence-electron chi connectivity index (χ2n) is 6.81. The molecule has 4 aliphatic carbocycles. The van der Waals surface area contributed by atoms with Crippen molar-refractivity contribution in [3.8, 4) is 0 Å². The topological polar surface area (TPSA) is 41.5 Å². The van der Waals surface area contributed by atoms with E-state index in [2.05, 4.69) is 5.32 Å². The lowest BCUT2D eigenvalue weighted by atomic mass is 9.54. The summed E-state index contributed by atoms with van der Waals surface area (Å²) < 4.78 is 4.96. The molecule has 4 fully saturated rings. The van der Waals surface area contributed by atoms with Gasteiger partial charge in [0.1, 0.15) is 0 Å². The van der Waals surface area contributed by atoms with Crippen molar-refractivity contribution in [1.29, 1.82) is 0 Å². The van der Waals surface area contributed by atoms with Crippen LogP contribution in [0.4, 0.5) is 0 Å². The summed E-state index contributed by atoms with van der Waals surface area (Å²) in [5.74, 6) is 3.95. The first-order valence-corrected chi connectivity index (χ1v) is 7.66. The van der Waals surface area contributed by atoms with Gasteiger partial charge in [0.15, 0.2) is 0 Å². The Hall–Kier alpha value is -0.120. The van der Waals surface area contributed by atoms with E-state index in [1.807, 2.05) is 0 Å². The van der Waals surface area contributed by atoms with Crippen LogP contribution in [0.25, 0.3) is 0 Å². The molecule has 0 amide bonds. The molecule has 0 saturated heterocycles. The standard InChI is InChI=1S/C15H27NO2/c1-18-9-14(17)2-3-16-15-12-5-10-4-11(7-12)8-13(15)6-10/h10-17H,2-9H2,1H3. The minimum absolute atomic E-state index is 0.306. The third kappa shape index (κ3) is 2.59. The maximum atomic E-state index is 9.67. The molecule has 4 rings (SSSR count). The molecule has 4 bridgehead atoms. The van der Waals surface area contributed by atoms with Crippen LogP contribution in [0.2, 0.25) is 0 Å². The van der Waals surface area contributed by atoms with Gasteiger partial charge in [-0.3, -0.25) is 0 Å². The molecule has 0 radical (unpaired) electrons. The van der Waals surface area contributed by atoms with Crippen LogP contribution in [0.3, 0.4) is 0 Å². The van der Waals surface area contributed by atoms with Gasteiger partial charge in [-0.05, 0) is 68.7 Å². The Kier molecular flexibility index (Phi) is 3.92. The number of ether oxygens (including phenoxy) is 1. The van der Waals surface area contributed by atoms with Gasteiger partial charge >= 0.3 is 0 Å². The van der Waals surface area contributed by atoms with Gasteiger partial charge in [0, 0.05) is 13.2 Å². The quantitative estimate of drug-likeness (QED) is 0.758. The van der Waals surface area contributed by atoms with Crippen molar-refractivity contribution < 1.29 is 9.84 Å². The van der Waals surface area contributed by atoms with Crippen molar-refractivity contribution in [2.75, 3.05) is 20.3 Å². The van der Waals surface area contributed by atoms with E-state index in [1.54, 1.807) is 7.11 Å². The molecule has 0 aromatic carbocycles. The second-order valence-corrected chi connectivity index (χ2v) is 6.81. The zero-order valence-corrected chi connectivity index (χ0v) is 11.5. The second kappa shape index (κ2) is 5.48. The minimum Gasteiger partial charge on any atom is -0.391 e. The predicted molar refractivity (Wildman–Crippen MR) is 71.3 cm³/mol. The van der Waals surface area contributed by atoms with Crippen LogP contribution in [-0.4, -0.2) is 37.5 Å². The number of hydrogen-bond acceptors (Lipinski definition) is 3. The lowest BCUT2D eigenvalue weighted by Crippen LogP contribution is -2.54. The summed E-state index contributed by atoms with van der Waals surface area (Å²) in [5, 5.41) is 13.4. The number of methoxy groups -OCH3 is 1. The molecular weight excluding hydrogens is 226 g/mol. The molecule has 2 N–H and O–H groups in total. The first-order chi connectivity index (χ1) is 8.76. The molecule has 4 saturated carbocycles. The highest BCUT2D eigenvalue weighted by Gasteiger charge is 2.47. The van der Waals surface area contributed by atoms with E-state index < -0.39 is 0 Å². The highest BCUT2D eigenvalue weighted by atomic mass is 16.5. The molecule has 3 heteroatoms. The lowest BCUT2D eigenvalue weighted by molar-refractivity contribution is -0.0156. The summed E-state index contributed by atoms with van der Waals surface area (Å²) in [4.78, 5) is 0. The fraction of sp³-hybridized carbons (Fsp3) is 1.00. The van der Waals surface area contributed by atoms with Gasteiger partial charge in [0.05, 0.1) is 12.7 Å². The highest BCUT2D eigenvalue weighted by Crippen LogP contribution is 2.53. The van der Waals surface area contributed by atoms with E-state index in [9.17, 15) is 5.11 Å². The Morgan fingerprint density at radius 3 is 2.28 bits per heavy atom. The normalized spacial score (nSPS) is 43.3. The van der Waals surface area contributed by atoms with E-state index in [-0.39, 0.29) is 6.10 Å². The van der Waals surface area contributed by atoms with Crippen LogP contribution in [0.5, 0.6) is 0 Å². The molecule has 0 aliphatic heterocycles. The summed E-state index contributed by atoms with van der Waals surface area (Å²) in [6, 6.07) is 0.743. The number of aliphatic hydroxyl groups is 1. The van der Waals surface area contributed by atoms with Gasteiger partial charge in [-0.2, -0.15) is 0 Å². The first-order valence-electron chi connectivity index (χ1n) is 7.66. The van der Waals surface area contributed by atoms with Gasteiger partial charge in [-0.1, -0.05) is 0 Å².